The molecule has 2 aromatic heterocycles. The Morgan fingerprint density at radius 1 is 1.30 bits per heavy atom. The average molecular weight is 154 g/mol. The molecule has 0 bridgehead atoms. The molecule has 0 saturated heterocycles. The number of nitrogens with one attached hydrogen (secondary N) is 1. The van der Waals surface area contributed by atoms with Gasteiger partial charge in [0.2, 0.25) is 0 Å². The topological polar surface area (TPSA) is 54.5 Å². The van der Waals surface area contributed by atoms with Crippen LogP contribution < -0.4 is 0 Å². The fourth-order valence-corrected chi connectivity index (χ4v) is 0.694. The van der Waals surface area contributed by atoms with Crippen LogP contribution in [0.1, 0.15) is 0 Å². The van der Waals surface area contributed by atoms with Crippen molar-refractivity contribution in [3.05, 3.63) is 29.7 Å². The van der Waals surface area contributed by atoms with Crippen LogP contribution in [-0.4, -0.2) is 20.2 Å². The van der Waals surface area contributed by atoms with Gasteiger partial charge in [0.1, 0.15) is 12.7 Å². The van der Waals surface area contributed by atoms with E-state index in [-0.39, 0.29) is 0 Å². The molecule has 0 spiro atoms. The standard InChI is InChI=1S/C3H3NS.C2H3N3/c1-2-5-3-4-1;1-3-2-5-4-1/h1-3H;1-2H,(H,3,4,5). The van der Waals surface area contributed by atoms with Crippen molar-refractivity contribution in [3.63, 3.8) is 0 Å². The molecular formula is C5H6N4S. The van der Waals surface area contributed by atoms with Gasteiger partial charge in [-0.05, 0) is 0 Å². The Morgan fingerprint density at radius 3 is 2.50 bits per heavy atom. The fraction of sp³-hybridized carbons (Fsp3) is 0. The Bertz CT molecular complexity index is 153. The zero-order chi connectivity index (χ0) is 7.07. The lowest BCUT2D eigenvalue weighted by molar-refractivity contribution is 1.09. The molecule has 0 saturated carbocycles. The lowest BCUT2D eigenvalue weighted by atomic mass is 11.0. The van der Waals surface area contributed by atoms with Gasteiger partial charge in [0, 0.05) is 11.6 Å². The van der Waals surface area contributed by atoms with Gasteiger partial charge in [0.05, 0.1) is 5.51 Å². The molecule has 0 aliphatic rings. The Balaban J connectivity index is 0.0000001000. The van der Waals surface area contributed by atoms with Crippen molar-refractivity contribution in [2.45, 2.75) is 0 Å². The summed E-state index contributed by atoms with van der Waals surface area (Å²) in [5.41, 5.74) is 1.79. The maximum atomic E-state index is 3.74. The van der Waals surface area contributed by atoms with E-state index in [2.05, 4.69) is 20.2 Å². The van der Waals surface area contributed by atoms with Crippen molar-refractivity contribution in [2.75, 3.05) is 0 Å². The predicted molar refractivity (Wildman–Crippen MR) is 38.5 cm³/mol. The zero-order valence-electron chi connectivity index (χ0n) is 5.14. The minimum absolute atomic E-state index is 1.44. The van der Waals surface area contributed by atoms with E-state index in [0.29, 0.717) is 0 Å². The molecule has 2 heterocycles. The summed E-state index contributed by atoms with van der Waals surface area (Å²) in [4.78, 5) is 7.30. The summed E-state index contributed by atoms with van der Waals surface area (Å²) < 4.78 is 0. The molecule has 10 heavy (non-hydrogen) atoms. The van der Waals surface area contributed by atoms with Crippen LogP contribution in [0.15, 0.2) is 29.7 Å². The van der Waals surface area contributed by atoms with E-state index in [0.717, 1.165) is 0 Å². The highest BCUT2D eigenvalue weighted by Crippen LogP contribution is 1.85. The van der Waals surface area contributed by atoms with E-state index in [9.17, 15) is 0 Å². The number of aromatic nitrogens is 4. The Morgan fingerprint density at radius 2 is 2.30 bits per heavy atom. The van der Waals surface area contributed by atoms with Crippen LogP contribution in [0, 0.1) is 0 Å². The fourth-order valence-electron chi connectivity index (χ4n) is 0.342. The van der Waals surface area contributed by atoms with Gasteiger partial charge in [0.15, 0.2) is 0 Å². The first-order valence-electron chi connectivity index (χ1n) is 2.61. The quantitative estimate of drug-likeness (QED) is 0.614. The first-order valence-corrected chi connectivity index (χ1v) is 3.55. The van der Waals surface area contributed by atoms with Crippen molar-refractivity contribution < 1.29 is 0 Å². The van der Waals surface area contributed by atoms with Crippen molar-refractivity contribution in [1.82, 2.24) is 20.2 Å². The highest BCUT2D eigenvalue weighted by molar-refractivity contribution is 7.07. The van der Waals surface area contributed by atoms with Gasteiger partial charge >= 0.3 is 0 Å². The molecule has 0 aliphatic heterocycles. The van der Waals surface area contributed by atoms with Gasteiger partial charge in [-0.2, -0.15) is 5.10 Å². The number of thiazole rings is 1. The molecule has 0 unspecified atom stereocenters. The summed E-state index contributed by atoms with van der Waals surface area (Å²) >= 11 is 1.60. The highest BCUT2D eigenvalue weighted by atomic mass is 32.1. The number of aromatic amines is 1. The molecule has 0 aromatic carbocycles. The van der Waals surface area contributed by atoms with Gasteiger partial charge in [-0.1, -0.05) is 0 Å². The SMILES string of the molecule is c1cscn1.c1nc[nH]n1. The Kier molecular flexibility index (Phi) is 3.19. The number of H-pyrrole nitrogens is 1. The van der Waals surface area contributed by atoms with Crippen molar-refractivity contribution in [2.24, 2.45) is 0 Å². The first kappa shape index (κ1) is 6.88. The van der Waals surface area contributed by atoms with Gasteiger partial charge < -0.3 is 0 Å². The van der Waals surface area contributed by atoms with Crippen LogP contribution in [0.3, 0.4) is 0 Å². The molecule has 0 atom stereocenters. The minimum Gasteiger partial charge on any atom is -0.266 e. The van der Waals surface area contributed by atoms with Crippen molar-refractivity contribution in [1.29, 1.82) is 0 Å². The van der Waals surface area contributed by atoms with E-state index in [1.807, 2.05) is 5.38 Å². The maximum absolute atomic E-state index is 3.74. The smallest absolute Gasteiger partial charge is 0.137 e. The zero-order valence-corrected chi connectivity index (χ0v) is 5.95. The lowest BCUT2D eigenvalue weighted by Crippen LogP contribution is -1.53. The monoisotopic (exact) mass is 154 g/mol. The molecule has 4 nitrogen and oxygen atoms in total. The summed E-state index contributed by atoms with van der Waals surface area (Å²) in [6.45, 7) is 0. The normalized spacial score (nSPS) is 8.00. The summed E-state index contributed by atoms with van der Waals surface area (Å²) in [6.07, 6.45) is 4.73. The van der Waals surface area contributed by atoms with E-state index in [1.165, 1.54) is 12.7 Å². The van der Waals surface area contributed by atoms with E-state index >= 15 is 0 Å². The van der Waals surface area contributed by atoms with Crippen LogP contribution in [0.5, 0.6) is 0 Å². The Hall–Kier alpha value is -1.23. The maximum Gasteiger partial charge on any atom is 0.137 e. The van der Waals surface area contributed by atoms with E-state index in [4.69, 9.17) is 0 Å². The van der Waals surface area contributed by atoms with Crippen LogP contribution in [0.2, 0.25) is 0 Å². The molecule has 0 fully saturated rings. The third-order valence-electron chi connectivity index (χ3n) is 0.678. The second kappa shape index (κ2) is 4.63. The van der Waals surface area contributed by atoms with Crippen LogP contribution >= 0.6 is 11.3 Å². The molecule has 1 N–H and O–H groups in total. The molecule has 5 heteroatoms. The molecule has 52 valence electrons. The second-order valence-electron chi connectivity index (χ2n) is 1.33. The third-order valence-corrected chi connectivity index (χ3v) is 1.20. The van der Waals surface area contributed by atoms with E-state index < -0.39 is 0 Å². The van der Waals surface area contributed by atoms with Crippen molar-refractivity contribution >= 4 is 11.3 Å². The number of hydrogen-bond acceptors (Lipinski definition) is 4. The number of hydrogen-bond donors (Lipinski definition) is 1. The Labute approximate surface area is 62.0 Å². The van der Waals surface area contributed by atoms with Gasteiger partial charge in [-0.15, -0.1) is 11.3 Å². The molecule has 0 amide bonds. The number of nitrogens with zero attached hydrogens (tertiary/aromatic N) is 3. The number of rotatable bonds is 0. The third kappa shape index (κ3) is 2.93. The van der Waals surface area contributed by atoms with Gasteiger partial charge in [-0.25, -0.2) is 4.98 Å². The van der Waals surface area contributed by atoms with E-state index in [1.54, 1.807) is 23.0 Å². The predicted octanol–water partition coefficient (Wildman–Crippen LogP) is 0.948. The summed E-state index contributed by atoms with van der Waals surface area (Å²) in [7, 11) is 0. The molecule has 0 radical (unpaired) electrons. The van der Waals surface area contributed by atoms with Crippen LogP contribution in [-0.2, 0) is 0 Å². The molecule has 0 aliphatic carbocycles. The summed E-state index contributed by atoms with van der Waals surface area (Å²) in [5, 5.41) is 7.92. The average Bonchev–Trinajstić information content (AvgIpc) is 2.67. The first-order chi connectivity index (χ1) is 5.00. The van der Waals surface area contributed by atoms with Gasteiger partial charge in [0.25, 0.3) is 0 Å². The second-order valence-corrected chi connectivity index (χ2v) is 2.08. The molecule has 2 rings (SSSR count). The van der Waals surface area contributed by atoms with Crippen molar-refractivity contribution in [3.8, 4) is 0 Å². The van der Waals surface area contributed by atoms with Crippen LogP contribution in [0.25, 0.3) is 0 Å². The van der Waals surface area contributed by atoms with Crippen LogP contribution in [0.4, 0.5) is 0 Å². The molecular weight excluding hydrogens is 148 g/mol. The van der Waals surface area contributed by atoms with Gasteiger partial charge in [-0.3, -0.25) is 10.1 Å². The summed E-state index contributed by atoms with van der Waals surface area (Å²) in [6, 6.07) is 0. The molecule has 2 aromatic rings. The lowest BCUT2D eigenvalue weighted by Gasteiger charge is -1.46. The minimum atomic E-state index is 1.44. The largest absolute Gasteiger partial charge is 0.266 e. The summed E-state index contributed by atoms with van der Waals surface area (Å²) in [5.74, 6) is 0. The highest BCUT2D eigenvalue weighted by Gasteiger charge is 1.59.